The van der Waals surface area contributed by atoms with E-state index in [1.807, 2.05) is 0 Å². The molecule has 0 saturated heterocycles. The van der Waals surface area contributed by atoms with Gasteiger partial charge in [-0.15, -0.1) is 0 Å². The largest absolute Gasteiger partial charge is 0.481 e. The highest BCUT2D eigenvalue weighted by molar-refractivity contribution is 5.85. The molecule has 1 fully saturated rings. The van der Waals surface area contributed by atoms with E-state index in [1.165, 1.54) is 4.90 Å². The van der Waals surface area contributed by atoms with Crippen LogP contribution in [0.2, 0.25) is 0 Å². The van der Waals surface area contributed by atoms with Crippen molar-refractivity contribution in [1.82, 2.24) is 10.2 Å². The smallest absolute Gasteiger partial charge is 0.310 e. The predicted octanol–water partition coefficient (Wildman–Crippen LogP) is 0.616. The number of carboxylic acids is 1. The van der Waals surface area contributed by atoms with Gasteiger partial charge in [-0.25, -0.2) is 0 Å². The van der Waals surface area contributed by atoms with Gasteiger partial charge >= 0.3 is 5.97 Å². The lowest BCUT2D eigenvalue weighted by molar-refractivity contribution is -0.151. The summed E-state index contributed by atoms with van der Waals surface area (Å²) in [6, 6.07) is 0. The molecule has 1 rings (SSSR count). The van der Waals surface area contributed by atoms with Crippen molar-refractivity contribution in [2.24, 2.45) is 5.41 Å². The van der Waals surface area contributed by atoms with E-state index in [-0.39, 0.29) is 31.2 Å². The Morgan fingerprint density at radius 3 is 2.26 bits per heavy atom. The molecule has 19 heavy (non-hydrogen) atoms. The van der Waals surface area contributed by atoms with Crippen molar-refractivity contribution in [3.63, 3.8) is 0 Å². The lowest BCUT2D eigenvalue weighted by Gasteiger charge is -2.22. The van der Waals surface area contributed by atoms with Crippen molar-refractivity contribution in [3.8, 4) is 0 Å². The highest BCUT2D eigenvalue weighted by Gasteiger charge is 2.42. The second-order valence-electron chi connectivity index (χ2n) is 5.36. The molecule has 0 aromatic rings. The zero-order chi connectivity index (χ0) is 14.5. The first kappa shape index (κ1) is 15.5. The van der Waals surface area contributed by atoms with Crippen LogP contribution >= 0.6 is 0 Å². The molecule has 6 nitrogen and oxygen atoms in total. The Hall–Kier alpha value is -1.59. The van der Waals surface area contributed by atoms with Crippen molar-refractivity contribution in [1.29, 1.82) is 0 Å². The van der Waals surface area contributed by atoms with E-state index in [9.17, 15) is 19.5 Å². The number of nitrogens with zero attached hydrogens (tertiary/aromatic N) is 1. The van der Waals surface area contributed by atoms with Crippen LogP contribution in [-0.4, -0.2) is 48.4 Å². The maximum Gasteiger partial charge on any atom is 0.310 e. The van der Waals surface area contributed by atoms with Crippen LogP contribution in [0.4, 0.5) is 0 Å². The molecule has 2 amide bonds. The van der Waals surface area contributed by atoms with Gasteiger partial charge in [0.2, 0.25) is 11.8 Å². The zero-order valence-electron chi connectivity index (χ0n) is 11.6. The lowest BCUT2D eigenvalue weighted by Crippen LogP contribution is -2.37. The molecule has 0 heterocycles. The molecule has 1 aliphatic carbocycles. The minimum atomic E-state index is -0.893. The van der Waals surface area contributed by atoms with Gasteiger partial charge in [-0.3, -0.25) is 14.4 Å². The standard InChI is InChI=1S/C13H22N2O4/c1-15(2)11(17)5-8-14-10(16)9-13(12(18)19)6-3-4-7-13/h3-9H2,1-2H3,(H,14,16)(H,18,19). The van der Waals surface area contributed by atoms with E-state index in [4.69, 9.17) is 0 Å². The lowest BCUT2D eigenvalue weighted by atomic mass is 9.82. The van der Waals surface area contributed by atoms with Crippen LogP contribution in [-0.2, 0) is 14.4 Å². The average molecular weight is 270 g/mol. The Labute approximate surface area is 113 Å². The molecule has 2 N–H and O–H groups in total. The number of hydrogen-bond acceptors (Lipinski definition) is 3. The van der Waals surface area contributed by atoms with Crippen LogP contribution < -0.4 is 5.32 Å². The van der Waals surface area contributed by atoms with Crippen LogP contribution in [0.5, 0.6) is 0 Å². The first-order valence-corrected chi connectivity index (χ1v) is 6.58. The van der Waals surface area contributed by atoms with Crippen LogP contribution in [0.1, 0.15) is 38.5 Å². The third-order valence-corrected chi connectivity index (χ3v) is 3.67. The molecule has 0 aromatic carbocycles. The van der Waals surface area contributed by atoms with Gasteiger partial charge in [-0.2, -0.15) is 0 Å². The summed E-state index contributed by atoms with van der Waals surface area (Å²) in [6.07, 6.45) is 3.09. The fourth-order valence-electron chi connectivity index (χ4n) is 2.42. The molecule has 0 aromatic heterocycles. The summed E-state index contributed by atoms with van der Waals surface area (Å²) in [4.78, 5) is 35.8. The number of rotatable bonds is 6. The van der Waals surface area contributed by atoms with Crippen LogP contribution in [0.3, 0.4) is 0 Å². The van der Waals surface area contributed by atoms with Gasteiger partial charge in [0, 0.05) is 33.5 Å². The fraction of sp³-hybridized carbons (Fsp3) is 0.769. The predicted molar refractivity (Wildman–Crippen MR) is 69.5 cm³/mol. The van der Waals surface area contributed by atoms with E-state index in [1.54, 1.807) is 14.1 Å². The Balaban J connectivity index is 2.38. The number of aliphatic carboxylic acids is 1. The molecule has 6 heteroatoms. The SMILES string of the molecule is CN(C)C(=O)CCNC(=O)CC1(C(=O)O)CCCC1. The number of carbonyl (C=O) groups is 3. The number of hydrogen-bond donors (Lipinski definition) is 2. The highest BCUT2D eigenvalue weighted by Crippen LogP contribution is 2.41. The van der Waals surface area contributed by atoms with Crippen molar-refractivity contribution in [2.75, 3.05) is 20.6 Å². The van der Waals surface area contributed by atoms with Gasteiger partial charge in [0.25, 0.3) is 0 Å². The Bertz CT molecular complexity index is 360. The maximum absolute atomic E-state index is 11.8. The quantitative estimate of drug-likeness (QED) is 0.740. The minimum Gasteiger partial charge on any atom is -0.481 e. The monoisotopic (exact) mass is 270 g/mol. The molecular formula is C13H22N2O4. The Kier molecular flexibility index (Phi) is 5.32. The third-order valence-electron chi connectivity index (χ3n) is 3.67. The zero-order valence-corrected chi connectivity index (χ0v) is 11.6. The maximum atomic E-state index is 11.8. The van der Waals surface area contributed by atoms with E-state index >= 15 is 0 Å². The van der Waals surface area contributed by atoms with Gasteiger partial charge < -0.3 is 15.3 Å². The molecule has 108 valence electrons. The van der Waals surface area contributed by atoms with E-state index in [2.05, 4.69) is 5.32 Å². The first-order valence-electron chi connectivity index (χ1n) is 6.58. The molecule has 1 aliphatic rings. The molecule has 0 aliphatic heterocycles. The van der Waals surface area contributed by atoms with Gasteiger partial charge in [0.1, 0.15) is 0 Å². The summed E-state index contributed by atoms with van der Waals surface area (Å²) >= 11 is 0. The first-order chi connectivity index (χ1) is 8.87. The van der Waals surface area contributed by atoms with E-state index < -0.39 is 11.4 Å². The molecule has 1 saturated carbocycles. The molecule has 0 radical (unpaired) electrons. The summed E-state index contributed by atoms with van der Waals surface area (Å²) in [6.45, 7) is 0.256. The van der Waals surface area contributed by atoms with Crippen molar-refractivity contribution >= 4 is 17.8 Å². The van der Waals surface area contributed by atoms with Gasteiger partial charge in [-0.1, -0.05) is 12.8 Å². The van der Waals surface area contributed by atoms with Crippen molar-refractivity contribution in [3.05, 3.63) is 0 Å². The summed E-state index contributed by atoms with van der Waals surface area (Å²) in [5, 5.41) is 11.9. The van der Waals surface area contributed by atoms with Crippen LogP contribution in [0.15, 0.2) is 0 Å². The van der Waals surface area contributed by atoms with E-state index in [0.717, 1.165) is 12.8 Å². The van der Waals surface area contributed by atoms with E-state index in [0.29, 0.717) is 12.8 Å². The second-order valence-corrected chi connectivity index (χ2v) is 5.36. The number of carboxylic acid groups (broad SMARTS) is 1. The normalized spacial score (nSPS) is 16.9. The third kappa shape index (κ3) is 4.22. The number of carbonyl (C=O) groups excluding carboxylic acids is 2. The fourth-order valence-corrected chi connectivity index (χ4v) is 2.42. The summed E-state index contributed by atoms with van der Waals surface area (Å²) in [7, 11) is 3.31. The minimum absolute atomic E-state index is 0.0124. The molecule has 0 spiro atoms. The summed E-state index contributed by atoms with van der Waals surface area (Å²) in [5.41, 5.74) is -0.893. The van der Waals surface area contributed by atoms with Gasteiger partial charge in [0.15, 0.2) is 0 Å². The number of nitrogens with one attached hydrogen (secondary N) is 1. The number of amides is 2. The van der Waals surface area contributed by atoms with Gasteiger partial charge in [0.05, 0.1) is 5.41 Å². The second kappa shape index (κ2) is 6.54. The highest BCUT2D eigenvalue weighted by atomic mass is 16.4. The molecule has 0 bridgehead atoms. The van der Waals surface area contributed by atoms with Crippen LogP contribution in [0, 0.1) is 5.41 Å². The molecule has 0 unspecified atom stereocenters. The summed E-state index contributed by atoms with van der Waals surface area (Å²) in [5.74, 6) is -1.23. The van der Waals surface area contributed by atoms with Gasteiger partial charge in [-0.05, 0) is 12.8 Å². The van der Waals surface area contributed by atoms with Crippen molar-refractivity contribution in [2.45, 2.75) is 38.5 Å². The van der Waals surface area contributed by atoms with Crippen molar-refractivity contribution < 1.29 is 19.5 Å². The Morgan fingerprint density at radius 1 is 1.21 bits per heavy atom. The Morgan fingerprint density at radius 2 is 1.79 bits per heavy atom. The van der Waals surface area contributed by atoms with Crippen LogP contribution in [0.25, 0.3) is 0 Å². The molecule has 0 atom stereocenters. The topological polar surface area (TPSA) is 86.7 Å². The summed E-state index contributed by atoms with van der Waals surface area (Å²) < 4.78 is 0. The molecular weight excluding hydrogens is 248 g/mol. The average Bonchev–Trinajstić information content (AvgIpc) is 2.78.